The Kier molecular flexibility index (Phi) is 7.20. The summed E-state index contributed by atoms with van der Waals surface area (Å²) in [6, 6.07) is 11.9. The van der Waals surface area contributed by atoms with Crippen LogP contribution in [0.2, 0.25) is 0 Å². The number of likely N-dealkylation sites (tertiary alicyclic amines) is 1. The van der Waals surface area contributed by atoms with E-state index >= 15 is 0 Å². The van der Waals surface area contributed by atoms with Crippen molar-refractivity contribution in [1.82, 2.24) is 19.7 Å². The van der Waals surface area contributed by atoms with Gasteiger partial charge in [-0.05, 0) is 56.2 Å². The molecule has 0 spiro atoms. The number of aromatic nitrogens is 3. The Morgan fingerprint density at radius 2 is 1.92 bits per heavy atom. The largest absolute Gasteiger partial charge is 0.489 e. The molecule has 1 N–H and O–H groups in total. The minimum absolute atomic E-state index is 0.0691. The zero-order chi connectivity index (χ0) is 26.7. The van der Waals surface area contributed by atoms with Crippen LogP contribution in [0.25, 0.3) is 11.1 Å². The fraction of sp³-hybridized carbons (Fsp3) is 0.429. The quantitative estimate of drug-likeness (QED) is 0.492. The van der Waals surface area contributed by atoms with Crippen LogP contribution < -0.4 is 10.1 Å². The van der Waals surface area contributed by atoms with Crippen LogP contribution in [-0.2, 0) is 9.47 Å². The van der Waals surface area contributed by atoms with Crippen LogP contribution in [0.3, 0.4) is 0 Å². The zero-order valence-electron chi connectivity index (χ0n) is 21.9. The SMILES string of the molecule is CC(C)(C)OC(=O)N1CC(n2cc(Nc3cc(-c4ccc(OC5CCOCC5)c(C#N)c4)ccn3)cn2)C1. The molecular weight excluding hydrogens is 484 g/mol. The normalized spacial score (nSPS) is 16.4. The van der Waals surface area contributed by atoms with Crippen molar-refractivity contribution in [2.75, 3.05) is 31.6 Å². The number of nitrogens with one attached hydrogen (secondary N) is 1. The minimum atomic E-state index is -0.511. The number of nitrogens with zero attached hydrogens (tertiary/aromatic N) is 5. The maximum absolute atomic E-state index is 12.2. The molecule has 2 fully saturated rings. The molecule has 38 heavy (non-hydrogen) atoms. The van der Waals surface area contributed by atoms with E-state index in [4.69, 9.17) is 14.2 Å². The number of hydrogen-bond donors (Lipinski definition) is 1. The standard InChI is InChI=1S/C28H32N6O4/c1-28(2,3)38-27(35)33-17-23(18-33)34-16-22(15-31-34)32-26-13-20(6-9-30-26)19-4-5-25(21(12-19)14-29)37-24-7-10-36-11-8-24/h4-6,9,12-13,15-16,23-24H,7-8,10-11,17-18H2,1-3H3,(H,30,32). The first kappa shape index (κ1) is 25.5. The number of pyridine rings is 1. The average molecular weight is 517 g/mol. The molecule has 0 radical (unpaired) electrons. The van der Waals surface area contributed by atoms with Gasteiger partial charge in [0.1, 0.15) is 29.3 Å². The van der Waals surface area contributed by atoms with E-state index in [-0.39, 0.29) is 18.2 Å². The average Bonchev–Trinajstić information content (AvgIpc) is 3.30. The number of amides is 1. The van der Waals surface area contributed by atoms with E-state index in [9.17, 15) is 10.1 Å². The van der Waals surface area contributed by atoms with Crippen LogP contribution in [-0.4, -0.2) is 63.8 Å². The molecule has 0 aliphatic carbocycles. The molecule has 2 aliphatic rings. The van der Waals surface area contributed by atoms with Crippen LogP contribution in [0, 0.1) is 11.3 Å². The lowest BCUT2D eigenvalue weighted by Crippen LogP contribution is -2.52. The Bertz CT molecular complexity index is 1330. The maximum Gasteiger partial charge on any atom is 0.410 e. The lowest BCUT2D eigenvalue weighted by atomic mass is 10.0. The first-order valence-corrected chi connectivity index (χ1v) is 12.8. The van der Waals surface area contributed by atoms with Gasteiger partial charge in [0.25, 0.3) is 0 Å². The van der Waals surface area contributed by atoms with Crippen molar-refractivity contribution in [3.8, 4) is 22.9 Å². The van der Waals surface area contributed by atoms with Gasteiger partial charge >= 0.3 is 6.09 Å². The van der Waals surface area contributed by atoms with Gasteiger partial charge in [-0.25, -0.2) is 9.78 Å². The van der Waals surface area contributed by atoms with E-state index in [0.29, 0.717) is 43.4 Å². The van der Waals surface area contributed by atoms with Crippen molar-refractivity contribution >= 4 is 17.6 Å². The molecule has 5 rings (SSSR count). The van der Waals surface area contributed by atoms with Gasteiger partial charge < -0.3 is 24.4 Å². The summed E-state index contributed by atoms with van der Waals surface area (Å²) in [6.45, 7) is 8.05. The molecule has 3 aromatic rings. The third-order valence-electron chi connectivity index (χ3n) is 6.42. The summed E-state index contributed by atoms with van der Waals surface area (Å²) in [7, 11) is 0. The maximum atomic E-state index is 12.2. The highest BCUT2D eigenvalue weighted by Gasteiger charge is 2.35. The van der Waals surface area contributed by atoms with Crippen molar-refractivity contribution in [2.24, 2.45) is 0 Å². The summed E-state index contributed by atoms with van der Waals surface area (Å²) in [5, 5.41) is 17.5. The molecule has 198 valence electrons. The highest BCUT2D eigenvalue weighted by atomic mass is 16.6. The first-order chi connectivity index (χ1) is 18.3. The third kappa shape index (κ3) is 6.06. The topological polar surface area (TPSA) is 115 Å². The first-order valence-electron chi connectivity index (χ1n) is 12.8. The molecule has 2 aliphatic heterocycles. The molecule has 2 aromatic heterocycles. The van der Waals surface area contributed by atoms with Gasteiger partial charge in [-0.2, -0.15) is 10.4 Å². The van der Waals surface area contributed by atoms with Gasteiger partial charge in [-0.3, -0.25) is 4.68 Å². The monoisotopic (exact) mass is 516 g/mol. The van der Waals surface area contributed by atoms with Crippen molar-refractivity contribution in [2.45, 2.75) is 51.4 Å². The van der Waals surface area contributed by atoms with E-state index in [1.54, 1.807) is 17.3 Å². The summed E-state index contributed by atoms with van der Waals surface area (Å²) in [5.74, 6) is 1.26. The van der Waals surface area contributed by atoms with E-state index < -0.39 is 5.60 Å². The van der Waals surface area contributed by atoms with Crippen molar-refractivity contribution in [3.63, 3.8) is 0 Å². The third-order valence-corrected chi connectivity index (χ3v) is 6.42. The number of benzene rings is 1. The summed E-state index contributed by atoms with van der Waals surface area (Å²) >= 11 is 0. The van der Waals surface area contributed by atoms with Crippen LogP contribution in [0.1, 0.15) is 45.2 Å². The van der Waals surface area contributed by atoms with Crippen LogP contribution >= 0.6 is 0 Å². The molecule has 4 heterocycles. The van der Waals surface area contributed by atoms with E-state index in [0.717, 1.165) is 29.7 Å². The number of carbonyl (C=O) groups excluding carboxylic acids is 1. The molecule has 0 unspecified atom stereocenters. The number of nitriles is 1. The predicted molar refractivity (Wildman–Crippen MR) is 141 cm³/mol. The number of ether oxygens (including phenoxy) is 3. The molecule has 1 aromatic carbocycles. The highest BCUT2D eigenvalue weighted by Crippen LogP contribution is 2.30. The van der Waals surface area contributed by atoms with Crippen LogP contribution in [0.15, 0.2) is 48.9 Å². The van der Waals surface area contributed by atoms with Gasteiger partial charge in [-0.15, -0.1) is 0 Å². The summed E-state index contributed by atoms with van der Waals surface area (Å²) in [4.78, 5) is 18.3. The van der Waals surface area contributed by atoms with E-state index in [1.807, 2.05) is 62.0 Å². The van der Waals surface area contributed by atoms with Gasteiger partial charge in [0.15, 0.2) is 0 Å². The Morgan fingerprint density at radius 1 is 1.16 bits per heavy atom. The fourth-order valence-electron chi connectivity index (χ4n) is 4.40. The van der Waals surface area contributed by atoms with Crippen LogP contribution in [0.5, 0.6) is 5.75 Å². The van der Waals surface area contributed by atoms with Gasteiger partial charge in [0, 0.05) is 38.3 Å². The van der Waals surface area contributed by atoms with Gasteiger partial charge in [0.05, 0.1) is 36.7 Å². The molecule has 2 saturated heterocycles. The molecule has 10 nitrogen and oxygen atoms in total. The molecule has 0 atom stereocenters. The lowest BCUT2D eigenvalue weighted by Gasteiger charge is -2.39. The smallest absolute Gasteiger partial charge is 0.410 e. The molecule has 1 amide bonds. The van der Waals surface area contributed by atoms with Crippen molar-refractivity contribution in [1.29, 1.82) is 5.26 Å². The molecule has 10 heteroatoms. The molecule has 0 bridgehead atoms. The Morgan fingerprint density at radius 3 is 2.66 bits per heavy atom. The second kappa shape index (κ2) is 10.7. The van der Waals surface area contributed by atoms with Gasteiger partial charge in [0.2, 0.25) is 0 Å². The lowest BCUT2D eigenvalue weighted by molar-refractivity contribution is -0.000387. The minimum Gasteiger partial charge on any atom is -0.489 e. The second-order valence-electron chi connectivity index (χ2n) is 10.6. The predicted octanol–water partition coefficient (Wildman–Crippen LogP) is 4.91. The number of hydrogen-bond acceptors (Lipinski definition) is 8. The zero-order valence-corrected chi connectivity index (χ0v) is 21.9. The Labute approximate surface area is 222 Å². The second-order valence-corrected chi connectivity index (χ2v) is 10.6. The number of carbonyl (C=O) groups is 1. The Hall–Kier alpha value is -4.10. The Balaban J connectivity index is 1.22. The summed E-state index contributed by atoms with van der Waals surface area (Å²) < 4.78 is 18.7. The van der Waals surface area contributed by atoms with Crippen molar-refractivity contribution in [3.05, 3.63) is 54.5 Å². The molecular formula is C28H32N6O4. The number of anilines is 2. The van der Waals surface area contributed by atoms with Crippen molar-refractivity contribution < 1.29 is 19.0 Å². The summed E-state index contributed by atoms with van der Waals surface area (Å²) in [6.07, 6.45) is 6.78. The highest BCUT2D eigenvalue weighted by molar-refractivity contribution is 5.71. The number of rotatable bonds is 6. The van der Waals surface area contributed by atoms with E-state index in [1.165, 1.54) is 0 Å². The van der Waals surface area contributed by atoms with E-state index in [2.05, 4.69) is 21.5 Å². The van der Waals surface area contributed by atoms with Crippen LogP contribution in [0.4, 0.5) is 16.3 Å². The fourth-order valence-corrected chi connectivity index (χ4v) is 4.40. The van der Waals surface area contributed by atoms with Gasteiger partial charge in [-0.1, -0.05) is 6.07 Å². The summed E-state index contributed by atoms with van der Waals surface area (Å²) in [5.41, 5.74) is 2.61. The molecule has 0 saturated carbocycles.